The molecule has 3 aromatic rings. The number of fused-ring (bicyclic) bond motifs is 3. The van der Waals surface area contributed by atoms with Crippen LogP contribution in [0, 0.1) is 11.8 Å². The Balaban J connectivity index is 1.59. The van der Waals surface area contributed by atoms with Gasteiger partial charge in [0.1, 0.15) is 0 Å². The van der Waals surface area contributed by atoms with Crippen LogP contribution in [0.25, 0.3) is 16.7 Å². The number of thioether (sulfide) groups is 1. The molecule has 1 fully saturated rings. The monoisotopic (exact) mass is 427 g/mol. The molecular weight excluding hydrogens is 398 g/mol. The quantitative estimate of drug-likeness (QED) is 0.609. The molecule has 2 heterocycles. The van der Waals surface area contributed by atoms with Gasteiger partial charge in [-0.25, -0.2) is 0 Å². The number of nitrogens with one attached hydrogen (secondary N) is 1. The first-order chi connectivity index (χ1) is 14.5. The highest BCUT2D eigenvalue weighted by Crippen LogP contribution is 2.29. The maximum atomic E-state index is 12.9. The molecule has 0 bridgehead atoms. The second-order valence-electron chi connectivity index (χ2n) is 8.32. The SMILES string of the molecule is CCCn1c(=O)c2ccccc2n2c(SCC(=O)NC3CCCC(C)C3C)nnc12. The number of hydrogen-bond acceptors (Lipinski definition) is 5. The summed E-state index contributed by atoms with van der Waals surface area (Å²) in [5, 5.41) is 13.1. The number of aryl methyl sites for hydroxylation is 1. The van der Waals surface area contributed by atoms with Crippen molar-refractivity contribution in [1.29, 1.82) is 0 Å². The van der Waals surface area contributed by atoms with Crippen LogP contribution >= 0.6 is 11.8 Å². The van der Waals surface area contributed by atoms with Crippen LogP contribution in [-0.4, -0.2) is 36.9 Å². The zero-order valence-electron chi connectivity index (χ0n) is 17.8. The summed E-state index contributed by atoms with van der Waals surface area (Å²) in [5.74, 6) is 1.96. The van der Waals surface area contributed by atoms with E-state index in [1.54, 1.807) is 4.57 Å². The number of benzene rings is 1. The third-order valence-corrected chi connectivity index (χ3v) is 7.24. The number of nitrogens with zero attached hydrogens (tertiary/aromatic N) is 4. The number of para-hydroxylation sites is 1. The highest BCUT2D eigenvalue weighted by molar-refractivity contribution is 7.99. The van der Waals surface area contributed by atoms with Gasteiger partial charge in [0.05, 0.1) is 16.7 Å². The van der Waals surface area contributed by atoms with Gasteiger partial charge in [-0.1, -0.05) is 57.5 Å². The summed E-state index contributed by atoms with van der Waals surface area (Å²) in [6.07, 6.45) is 4.27. The van der Waals surface area contributed by atoms with Gasteiger partial charge in [0.15, 0.2) is 5.16 Å². The summed E-state index contributed by atoms with van der Waals surface area (Å²) in [6.45, 7) is 7.10. The number of rotatable bonds is 6. The minimum atomic E-state index is -0.0537. The molecule has 30 heavy (non-hydrogen) atoms. The number of amides is 1. The van der Waals surface area contributed by atoms with Gasteiger partial charge >= 0.3 is 0 Å². The second kappa shape index (κ2) is 8.79. The van der Waals surface area contributed by atoms with Gasteiger partial charge in [-0.2, -0.15) is 0 Å². The standard InChI is InChI=1S/C22H29N5O2S/c1-4-12-26-20(29)16-9-5-6-11-18(16)27-21(26)24-25-22(27)30-13-19(28)23-17-10-7-8-14(2)15(17)3/h5-6,9,11,14-15,17H,4,7-8,10,12-13H2,1-3H3,(H,23,28). The molecule has 3 unspecified atom stereocenters. The molecule has 2 aromatic heterocycles. The topological polar surface area (TPSA) is 81.3 Å². The molecule has 160 valence electrons. The average molecular weight is 428 g/mol. The van der Waals surface area contributed by atoms with Gasteiger partial charge in [-0.05, 0) is 36.8 Å². The molecule has 1 amide bonds. The molecule has 1 aliphatic carbocycles. The van der Waals surface area contributed by atoms with Crippen molar-refractivity contribution >= 4 is 34.3 Å². The lowest BCUT2D eigenvalue weighted by molar-refractivity contribution is -0.120. The third kappa shape index (κ3) is 3.85. The van der Waals surface area contributed by atoms with E-state index in [9.17, 15) is 9.59 Å². The van der Waals surface area contributed by atoms with E-state index in [0.29, 0.717) is 34.7 Å². The van der Waals surface area contributed by atoms with Crippen LogP contribution in [0.15, 0.2) is 34.2 Å². The second-order valence-corrected chi connectivity index (χ2v) is 9.26. The van der Waals surface area contributed by atoms with Crippen LogP contribution in [0.3, 0.4) is 0 Å². The van der Waals surface area contributed by atoms with Gasteiger partial charge in [0.25, 0.3) is 5.56 Å². The van der Waals surface area contributed by atoms with Crippen LogP contribution < -0.4 is 10.9 Å². The fraction of sp³-hybridized carbons (Fsp3) is 0.545. The van der Waals surface area contributed by atoms with Gasteiger partial charge in [0, 0.05) is 12.6 Å². The lowest BCUT2D eigenvalue weighted by atomic mass is 9.78. The third-order valence-electron chi connectivity index (χ3n) is 6.31. The molecule has 8 heteroatoms. The van der Waals surface area contributed by atoms with Crippen LogP contribution in [0.2, 0.25) is 0 Å². The molecule has 1 saturated carbocycles. The number of aromatic nitrogens is 4. The van der Waals surface area contributed by atoms with E-state index >= 15 is 0 Å². The summed E-state index contributed by atoms with van der Waals surface area (Å²) < 4.78 is 3.57. The molecule has 0 radical (unpaired) electrons. The summed E-state index contributed by atoms with van der Waals surface area (Å²) in [4.78, 5) is 25.5. The van der Waals surface area contributed by atoms with Crippen molar-refractivity contribution in [3.63, 3.8) is 0 Å². The molecule has 1 aromatic carbocycles. The fourth-order valence-electron chi connectivity index (χ4n) is 4.42. The molecule has 7 nitrogen and oxygen atoms in total. The molecule has 4 rings (SSSR count). The minimum absolute atomic E-state index is 0.0221. The lowest BCUT2D eigenvalue weighted by Crippen LogP contribution is -2.44. The summed E-state index contributed by atoms with van der Waals surface area (Å²) in [6, 6.07) is 7.74. The average Bonchev–Trinajstić information content (AvgIpc) is 3.17. The number of carbonyl (C=O) groups excluding carboxylic acids is 1. The van der Waals surface area contributed by atoms with Crippen molar-refractivity contribution in [1.82, 2.24) is 24.5 Å². The van der Waals surface area contributed by atoms with Gasteiger partial charge in [-0.3, -0.25) is 18.6 Å². The molecule has 3 atom stereocenters. The maximum absolute atomic E-state index is 12.9. The van der Waals surface area contributed by atoms with Crippen molar-refractivity contribution in [2.45, 2.75) is 64.2 Å². The Bertz CT molecular complexity index is 1120. The van der Waals surface area contributed by atoms with Gasteiger partial charge < -0.3 is 5.32 Å². The van der Waals surface area contributed by atoms with Gasteiger partial charge in [-0.15, -0.1) is 10.2 Å². The highest BCUT2D eigenvalue weighted by Gasteiger charge is 2.28. The normalized spacial score (nSPS) is 21.9. The molecule has 0 saturated heterocycles. The Morgan fingerprint density at radius 2 is 2.03 bits per heavy atom. The lowest BCUT2D eigenvalue weighted by Gasteiger charge is -2.34. The summed E-state index contributed by atoms with van der Waals surface area (Å²) in [5.41, 5.74) is 0.717. The Labute approximate surface area is 180 Å². The summed E-state index contributed by atoms with van der Waals surface area (Å²) >= 11 is 1.36. The van der Waals surface area contributed by atoms with Crippen molar-refractivity contribution in [2.75, 3.05) is 5.75 Å². The van der Waals surface area contributed by atoms with Crippen molar-refractivity contribution in [2.24, 2.45) is 11.8 Å². The van der Waals surface area contributed by atoms with E-state index in [1.807, 2.05) is 35.6 Å². The first kappa shape index (κ1) is 20.9. The molecule has 0 spiro atoms. The van der Waals surface area contributed by atoms with E-state index in [0.717, 1.165) is 18.4 Å². The van der Waals surface area contributed by atoms with E-state index in [4.69, 9.17) is 0 Å². The predicted molar refractivity (Wildman–Crippen MR) is 120 cm³/mol. The Hall–Kier alpha value is -2.35. The van der Waals surface area contributed by atoms with Crippen molar-refractivity contribution in [3.8, 4) is 0 Å². The molecule has 0 aliphatic heterocycles. The number of hydrogen-bond donors (Lipinski definition) is 1. The van der Waals surface area contributed by atoms with Gasteiger partial charge in [0.2, 0.25) is 11.7 Å². The van der Waals surface area contributed by atoms with Crippen LogP contribution in [0.4, 0.5) is 0 Å². The predicted octanol–water partition coefficient (Wildman–Crippen LogP) is 3.49. The Kier molecular flexibility index (Phi) is 6.13. The van der Waals surface area contributed by atoms with Crippen LogP contribution in [-0.2, 0) is 11.3 Å². The highest BCUT2D eigenvalue weighted by atomic mass is 32.2. The molecule has 1 aliphatic rings. The van der Waals surface area contributed by atoms with E-state index in [-0.39, 0.29) is 23.3 Å². The Morgan fingerprint density at radius 3 is 2.83 bits per heavy atom. The molecular formula is C22H29N5O2S. The van der Waals surface area contributed by atoms with Crippen LogP contribution in [0.1, 0.15) is 46.5 Å². The molecule has 1 N–H and O–H groups in total. The first-order valence-corrected chi connectivity index (χ1v) is 11.8. The largest absolute Gasteiger partial charge is 0.352 e. The van der Waals surface area contributed by atoms with Crippen molar-refractivity contribution in [3.05, 3.63) is 34.6 Å². The zero-order valence-corrected chi connectivity index (χ0v) is 18.6. The maximum Gasteiger partial charge on any atom is 0.262 e. The van der Waals surface area contributed by atoms with E-state index in [1.165, 1.54) is 24.6 Å². The summed E-state index contributed by atoms with van der Waals surface area (Å²) in [7, 11) is 0. The van der Waals surface area contributed by atoms with E-state index in [2.05, 4.69) is 29.4 Å². The minimum Gasteiger partial charge on any atom is -0.352 e. The van der Waals surface area contributed by atoms with Crippen LogP contribution in [0.5, 0.6) is 0 Å². The van der Waals surface area contributed by atoms with E-state index < -0.39 is 0 Å². The smallest absolute Gasteiger partial charge is 0.262 e. The fourth-order valence-corrected chi connectivity index (χ4v) is 5.17. The Morgan fingerprint density at radius 1 is 1.23 bits per heavy atom. The number of carbonyl (C=O) groups is 1. The first-order valence-electron chi connectivity index (χ1n) is 10.8. The zero-order chi connectivity index (χ0) is 21.3. The van der Waals surface area contributed by atoms with Crippen molar-refractivity contribution < 1.29 is 4.79 Å².